The van der Waals surface area contributed by atoms with Gasteiger partial charge < -0.3 is 9.32 Å². The van der Waals surface area contributed by atoms with Crippen LogP contribution in [0.2, 0.25) is 0 Å². The third-order valence-electron chi connectivity index (χ3n) is 4.30. The van der Waals surface area contributed by atoms with Gasteiger partial charge in [0.15, 0.2) is 10.5 Å². The summed E-state index contributed by atoms with van der Waals surface area (Å²) in [6.45, 7) is 3.21. The molecule has 1 fully saturated rings. The van der Waals surface area contributed by atoms with Crippen molar-refractivity contribution in [2.75, 3.05) is 13.1 Å². The third kappa shape index (κ3) is 3.55. The Morgan fingerprint density at radius 3 is 2.35 bits per heavy atom. The van der Waals surface area contributed by atoms with Crippen LogP contribution in [-0.2, 0) is 0 Å². The Morgan fingerprint density at radius 2 is 1.78 bits per heavy atom. The van der Waals surface area contributed by atoms with Gasteiger partial charge in [-0.25, -0.2) is 0 Å². The van der Waals surface area contributed by atoms with Crippen molar-refractivity contribution in [3.8, 4) is 0 Å². The first-order chi connectivity index (χ1) is 11.0. The molecule has 0 saturated carbocycles. The molecule has 120 valence electrons. The van der Waals surface area contributed by atoms with E-state index in [1.54, 1.807) is 11.0 Å². The fourth-order valence-electron chi connectivity index (χ4n) is 2.90. The summed E-state index contributed by atoms with van der Waals surface area (Å²) in [7, 11) is 0. The monoisotopic (exact) mass is 375 g/mol. The molecule has 0 aliphatic carbocycles. The fraction of sp³-hybridized carbons (Fsp3) is 0.333. The molecule has 5 heteroatoms. The second-order valence-corrected chi connectivity index (χ2v) is 6.72. The van der Waals surface area contributed by atoms with Crippen LogP contribution < -0.4 is 0 Å². The Kier molecular flexibility index (Phi) is 4.66. The SMILES string of the molecule is Cc1ccc(C(=O)C2CCN(C(=O)c3coc(Br)c3)CC2)cc1. The zero-order chi connectivity index (χ0) is 16.4. The predicted molar refractivity (Wildman–Crippen MR) is 90.5 cm³/mol. The van der Waals surface area contributed by atoms with Gasteiger partial charge in [-0.05, 0) is 35.7 Å². The van der Waals surface area contributed by atoms with Gasteiger partial charge in [0.1, 0.15) is 6.26 Å². The van der Waals surface area contributed by atoms with Crippen molar-refractivity contribution in [2.45, 2.75) is 19.8 Å². The summed E-state index contributed by atoms with van der Waals surface area (Å²) in [5.74, 6) is 0.140. The van der Waals surface area contributed by atoms with Crippen LogP contribution >= 0.6 is 15.9 Å². The second-order valence-electron chi connectivity index (χ2n) is 5.94. The Labute approximate surface area is 143 Å². The predicted octanol–water partition coefficient (Wildman–Crippen LogP) is 4.09. The van der Waals surface area contributed by atoms with E-state index < -0.39 is 0 Å². The minimum Gasteiger partial charge on any atom is -0.457 e. The number of halogens is 1. The Hall–Kier alpha value is -1.88. The number of hydrogen-bond donors (Lipinski definition) is 0. The van der Waals surface area contributed by atoms with Gasteiger partial charge in [0.05, 0.1) is 5.56 Å². The molecule has 3 rings (SSSR count). The lowest BCUT2D eigenvalue weighted by atomic mass is 9.88. The van der Waals surface area contributed by atoms with Crippen LogP contribution in [0.25, 0.3) is 0 Å². The molecule has 1 aromatic carbocycles. The number of likely N-dealkylation sites (tertiary alicyclic amines) is 1. The van der Waals surface area contributed by atoms with Crippen LogP contribution in [0.4, 0.5) is 0 Å². The first kappa shape index (κ1) is 16.0. The average molecular weight is 376 g/mol. The molecule has 0 N–H and O–H groups in total. The van der Waals surface area contributed by atoms with E-state index in [0.29, 0.717) is 36.2 Å². The molecule has 1 saturated heterocycles. The minimum absolute atomic E-state index is 0.00200. The van der Waals surface area contributed by atoms with Crippen molar-refractivity contribution in [3.05, 3.63) is 58.0 Å². The standard InChI is InChI=1S/C18H18BrNO3/c1-12-2-4-13(5-3-12)17(21)14-6-8-20(9-7-14)18(22)15-10-16(19)23-11-15/h2-5,10-11,14H,6-9H2,1H3. The quantitative estimate of drug-likeness (QED) is 0.759. The normalized spacial score (nSPS) is 15.7. The highest BCUT2D eigenvalue weighted by Crippen LogP contribution is 2.24. The van der Waals surface area contributed by atoms with Gasteiger partial charge >= 0.3 is 0 Å². The van der Waals surface area contributed by atoms with Crippen molar-refractivity contribution in [3.63, 3.8) is 0 Å². The van der Waals surface area contributed by atoms with Crippen LogP contribution in [0.1, 0.15) is 39.1 Å². The molecular formula is C18H18BrNO3. The molecule has 2 heterocycles. The number of Topliss-reactive ketones (excluding diaryl/α,β-unsaturated/α-hetero) is 1. The number of furan rings is 1. The van der Waals surface area contributed by atoms with Crippen molar-refractivity contribution in [1.82, 2.24) is 4.90 Å². The zero-order valence-electron chi connectivity index (χ0n) is 12.9. The highest BCUT2D eigenvalue weighted by atomic mass is 79.9. The molecule has 0 spiro atoms. The molecule has 2 aromatic rings. The van der Waals surface area contributed by atoms with E-state index in [1.807, 2.05) is 31.2 Å². The van der Waals surface area contributed by atoms with Crippen molar-refractivity contribution in [1.29, 1.82) is 0 Å². The minimum atomic E-state index is -0.0410. The first-order valence-corrected chi connectivity index (χ1v) is 8.48. The number of carbonyl (C=O) groups excluding carboxylic acids is 2. The van der Waals surface area contributed by atoms with Crippen LogP contribution in [-0.4, -0.2) is 29.7 Å². The summed E-state index contributed by atoms with van der Waals surface area (Å²) in [6.07, 6.45) is 2.87. The maximum atomic E-state index is 12.5. The molecule has 1 aromatic heterocycles. The van der Waals surface area contributed by atoms with Crippen molar-refractivity contribution in [2.24, 2.45) is 5.92 Å². The zero-order valence-corrected chi connectivity index (χ0v) is 14.5. The molecule has 4 nitrogen and oxygen atoms in total. The van der Waals surface area contributed by atoms with Gasteiger partial charge in [-0.15, -0.1) is 0 Å². The number of amides is 1. The van der Waals surface area contributed by atoms with Gasteiger partial charge in [-0.1, -0.05) is 29.8 Å². The number of hydrogen-bond acceptors (Lipinski definition) is 3. The van der Waals surface area contributed by atoms with E-state index in [9.17, 15) is 9.59 Å². The highest BCUT2D eigenvalue weighted by molar-refractivity contribution is 9.10. The molecule has 1 aliphatic heterocycles. The van der Waals surface area contributed by atoms with Gasteiger partial charge in [0, 0.05) is 30.6 Å². The summed E-state index contributed by atoms with van der Waals surface area (Å²) in [5.41, 5.74) is 2.45. The Morgan fingerprint density at radius 1 is 1.13 bits per heavy atom. The van der Waals surface area contributed by atoms with Crippen molar-refractivity contribution >= 4 is 27.6 Å². The smallest absolute Gasteiger partial charge is 0.257 e. The van der Waals surface area contributed by atoms with E-state index in [2.05, 4.69) is 15.9 Å². The maximum Gasteiger partial charge on any atom is 0.257 e. The van der Waals surface area contributed by atoms with Crippen LogP contribution in [0.5, 0.6) is 0 Å². The summed E-state index contributed by atoms with van der Waals surface area (Å²) in [6, 6.07) is 9.37. The lowest BCUT2D eigenvalue weighted by Gasteiger charge is -2.31. The molecule has 0 radical (unpaired) electrons. The van der Waals surface area contributed by atoms with E-state index >= 15 is 0 Å². The molecule has 0 bridgehead atoms. The molecule has 1 amide bonds. The molecule has 0 atom stereocenters. The molecule has 23 heavy (non-hydrogen) atoms. The largest absolute Gasteiger partial charge is 0.457 e. The topological polar surface area (TPSA) is 50.5 Å². The first-order valence-electron chi connectivity index (χ1n) is 7.69. The van der Waals surface area contributed by atoms with E-state index in [4.69, 9.17) is 4.42 Å². The average Bonchev–Trinajstić information content (AvgIpc) is 3.01. The summed E-state index contributed by atoms with van der Waals surface area (Å²) in [4.78, 5) is 26.7. The van der Waals surface area contributed by atoms with Gasteiger partial charge in [-0.3, -0.25) is 9.59 Å². The summed E-state index contributed by atoms with van der Waals surface area (Å²) in [5, 5.41) is 0. The van der Waals surface area contributed by atoms with E-state index in [1.165, 1.54) is 6.26 Å². The molecular weight excluding hydrogens is 358 g/mol. The number of nitrogens with zero attached hydrogens (tertiary/aromatic N) is 1. The van der Waals surface area contributed by atoms with E-state index in [0.717, 1.165) is 11.1 Å². The Balaban J connectivity index is 1.61. The number of piperidine rings is 1. The Bertz CT molecular complexity index is 712. The van der Waals surface area contributed by atoms with Crippen LogP contribution in [0.3, 0.4) is 0 Å². The second kappa shape index (κ2) is 6.71. The molecule has 1 aliphatic rings. The number of benzene rings is 1. The number of rotatable bonds is 3. The lowest BCUT2D eigenvalue weighted by Crippen LogP contribution is -2.40. The molecule has 0 unspecified atom stereocenters. The fourth-order valence-corrected chi connectivity index (χ4v) is 3.24. The third-order valence-corrected chi connectivity index (χ3v) is 4.72. The number of carbonyl (C=O) groups is 2. The van der Waals surface area contributed by atoms with Gasteiger partial charge in [0.25, 0.3) is 5.91 Å². The van der Waals surface area contributed by atoms with Gasteiger partial charge in [-0.2, -0.15) is 0 Å². The number of aryl methyl sites for hydroxylation is 1. The van der Waals surface area contributed by atoms with Crippen LogP contribution in [0.15, 0.2) is 45.7 Å². The summed E-state index contributed by atoms with van der Waals surface area (Å²) < 4.78 is 5.66. The van der Waals surface area contributed by atoms with E-state index in [-0.39, 0.29) is 17.6 Å². The number of ketones is 1. The van der Waals surface area contributed by atoms with Gasteiger partial charge in [0.2, 0.25) is 0 Å². The maximum absolute atomic E-state index is 12.5. The van der Waals surface area contributed by atoms with Crippen LogP contribution in [0, 0.1) is 12.8 Å². The lowest BCUT2D eigenvalue weighted by molar-refractivity contribution is 0.0649. The highest BCUT2D eigenvalue weighted by Gasteiger charge is 2.28. The van der Waals surface area contributed by atoms with Crippen molar-refractivity contribution < 1.29 is 14.0 Å². The summed E-state index contributed by atoms with van der Waals surface area (Å²) >= 11 is 3.20.